The van der Waals surface area contributed by atoms with Gasteiger partial charge in [-0.25, -0.2) is 4.98 Å². The molecular weight excluding hydrogens is 480 g/mol. The number of thiophene rings is 1. The van der Waals surface area contributed by atoms with E-state index in [1.165, 1.54) is 5.56 Å². The zero-order valence-corrected chi connectivity index (χ0v) is 21.7. The van der Waals surface area contributed by atoms with Crippen LogP contribution in [-0.2, 0) is 0 Å². The van der Waals surface area contributed by atoms with Crippen molar-refractivity contribution in [2.75, 3.05) is 0 Å². The maximum Gasteiger partial charge on any atom is 0.147 e. The van der Waals surface area contributed by atoms with E-state index in [1.54, 1.807) is 23.5 Å². The topological polar surface area (TPSA) is 17.8 Å². The number of nitrogens with zero attached hydrogens (tertiary/aromatic N) is 2. The summed E-state index contributed by atoms with van der Waals surface area (Å²) in [5, 5.41) is 3.10. The maximum absolute atomic E-state index is 7.89. The van der Waals surface area contributed by atoms with Gasteiger partial charge in [-0.05, 0) is 66.4 Å². The third-order valence-corrected chi connectivity index (χ3v) is 7.97. The zero-order valence-electron chi connectivity index (χ0n) is 23.8. The first-order chi connectivity index (χ1) is 19.9. The van der Waals surface area contributed by atoms with E-state index >= 15 is 0 Å². The highest BCUT2D eigenvalue weighted by atomic mass is 32.1. The highest BCUT2D eigenvalue weighted by Gasteiger charge is 2.23. The van der Waals surface area contributed by atoms with Crippen molar-refractivity contribution in [3.8, 4) is 39.3 Å². The lowest BCUT2D eigenvalue weighted by Gasteiger charge is -2.20. The third-order valence-electron chi connectivity index (χ3n) is 7.02. The average molecular weight is 510 g/mol. The number of hydrogen-bond donors (Lipinski definition) is 0. The average Bonchev–Trinajstić information content (AvgIpc) is 3.58. The SMILES string of the molecule is [2H]C([2H])([2H])c1ccc2c(-c3nc4ccccc4n3-c3c(-c4ccccc4)cc(C)cc3-c3ccccc3)csc2c1. The lowest BCUT2D eigenvalue weighted by Crippen LogP contribution is -2.03. The smallest absolute Gasteiger partial charge is 0.147 e. The van der Waals surface area contributed by atoms with Crippen molar-refractivity contribution >= 4 is 32.5 Å². The van der Waals surface area contributed by atoms with Crippen LogP contribution in [0.25, 0.3) is 60.4 Å². The molecule has 0 aliphatic carbocycles. The number of imidazole rings is 1. The maximum atomic E-state index is 7.89. The van der Waals surface area contributed by atoms with Crippen molar-refractivity contribution in [2.45, 2.75) is 13.8 Å². The van der Waals surface area contributed by atoms with Crippen molar-refractivity contribution in [3.63, 3.8) is 0 Å². The molecule has 0 fully saturated rings. The highest BCUT2D eigenvalue weighted by Crippen LogP contribution is 2.43. The van der Waals surface area contributed by atoms with E-state index in [9.17, 15) is 0 Å². The Kier molecular flexibility index (Phi) is 4.71. The lowest BCUT2D eigenvalue weighted by molar-refractivity contribution is 1.11. The Morgan fingerprint density at radius 2 is 1.34 bits per heavy atom. The summed E-state index contributed by atoms with van der Waals surface area (Å²) in [5.41, 5.74) is 10.00. The molecule has 0 saturated heterocycles. The second-order valence-electron chi connectivity index (χ2n) is 9.56. The molecule has 2 heterocycles. The van der Waals surface area contributed by atoms with Gasteiger partial charge < -0.3 is 0 Å². The van der Waals surface area contributed by atoms with Gasteiger partial charge in [0.25, 0.3) is 0 Å². The summed E-state index contributed by atoms with van der Waals surface area (Å²) >= 11 is 1.55. The molecule has 38 heavy (non-hydrogen) atoms. The summed E-state index contributed by atoms with van der Waals surface area (Å²) in [6, 6.07) is 39.2. The first-order valence-corrected chi connectivity index (χ1v) is 13.5. The van der Waals surface area contributed by atoms with Crippen LogP contribution in [0, 0.1) is 13.8 Å². The number of para-hydroxylation sites is 2. The van der Waals surface area contributed by atoms with Gasteiger partial charge in [0, 0.05) is 36.3 Å². The second-order valence-corrected chi connectivity index (χ2v) is 10.5. The van der Waals surface area contributed by atoms with E-state index in [0.29, 0.717) is 5.56 Å². The predicted octanol–water partition coefficient (Wildman–Crippen LogP) is 9.86. The summed E-state index contributed by atoms with van der Waals surface area (Å²) in [5.74, 6) is 0.831. The molecule has 5 aromatic carbocycles. The molecule has 0 aliphatic heterocycles. The summed E-state index contributed by atoms with van der Waals surface area (Å²) < 4.78 is 26.9. The Morgan fingerprint density at radius 3 is 2.03 bits per heavy atom. The number of rotatable bonds is 4. The normalized spacial score (nSPS) is 12.9. The van der Waals surface area contributed by atoms with Crippen LogP contribution in [0.5, 0.6) is 0 Å². The number of hydrogen-bond acceptors (Lipinski definition) is 2. The standard InChI is InChI=1S/C35H26N2S/c1-23-17-18-27-30(22-38-33(27)21-23)35-36-31-15-9-10-16-32(31)37(35)34-28(25-11-5-3-6-12-25)19-24(2)20-29(34)26-13-7-4-8-14-26/h3-22H,1-2H3/i1D3. The molecule has 3 heteroatoms. The summed E-state index contributed by atoms with van der Waals surface area (Å²) in [7, 11) is 0. The van der Waals surface area contributed by atoms with Gasteiger partial charge >= 0.3 is 0 Å². The number of aryl methyl sites for hydroxylation is 2. The van der Waals surface area contributed by atoms with Crippen LogP contribution < -0.4 is 0 Å². The van der Waals surface area contributed by atoms with Gasteiger partial charge in [0.15, 0.2) is 0 Å². The molecule has 0 amide bonds. The molecule has 0 unspecified atom stereocenters. The molecule has 0 N–H and O–H groups in total. The second kappa shape index (κ2) is 9.13. The molecule has 0 aliphatic rings. The highest BCUT2D eigenvalue weighted by molar-refractivity contribution is 7.17. The Labute approximate surface area is 230 Å². The van der Waals surface area contributed by atoms with Crippen LogP contribution in [0.15, 0.2) is 121 Å². The van der Waals surface area contributed by atoms with Crippen LogP contribution in [0.1, 0.15) is 15.2 Å². The van der Waals surface area contributed by atoms with Crippen LogP contribution in [0.2, 0.25) is 0 Å². The molecule has 7 rings (SSSR count). The van der Waals surface area contributed by atoms with E-state index in [2.05, 4.69) is 95.7 Å². The lowest BCUT2D eigenvalue weighted by atomic mass is 9.93. The largest absolute Gasteiger partial charge is 0.291 e. The van der Waals surface area contributed by atoms with Gasteiger partial charge in [0.05, 0.1) is 16.7 Å². The Bertz CT molecular complexity index is 1980. The fourth-order valence-corrected chi connectivity index (χ4v) is 6.31. The molecule has 2 nitrogen and oxygen atoms in total. The first kappa shape index (κ1) is 19.6. The molecule has 0 spiro atoms. The fraction of sp³-hybridized carbons (Fsp3) is 0.0571. The van der Waals surface area contributed by atoms with Crippen molar-refractivity contribution in [1.29, 1.82) is 0 Å². The van der Waals surface area contributed by atoms with Gasteiger partial charge in [-0.3, -0.25) is 4.57 Å². The monoisotopic (exact) mass is 509 g/mol. The van der Waals surface area contributed by atoms with E-state index in [0.717, 1.165) is 60.4 Å². The fourth-order valence-electron chi connectivity index (χ4n) is 5.33. The van der Waals surface area contributed by atoms with Crippen molar-refractivity contribution in [2.24, 2.45) is 0 Å². The zero-order chi connectivity index (χ0) is 28.1. The van der Waals surface area contributed by atoms with E-state index in [4.69, 9.17) is 9.10 Å². The van der Waals surface area contributed by atoms with Gasteiger partial charge in [0.2, 0.25) is 0 Å². The quantitative estimate of drug-likeness (QED) is 0.231. The van der Waals surface area contributed by atoms with E-state index < -0.39 is 6.85 Å². The third kappa shape index (κ3) is 3.75. The predicted molar refractivity (Wildman–Crippen MR) is 162 cm³/mol. The van der Waals surface area contributed by atoms with E-state index in [1.807, 2.05) is 24.3 Å². The molecule has 0 radical (unpaired) electrons. The van der Waals surface area contributed by atoms with Crippen molar-refractivity contribution in [3.05, 3.63) is 132 Å². The molecule has 0 atom stereocenters. The van der Waals surface area contributed by atoms with Crippen molar-refractivity contribution in [1.82, 2.24) is 9.55 Å². The van der Waals surface area contributed by atoms with Crippen LogP contribution in [-0.4, -0.2) is 9.55 Å². The van der Waals surface area contributed by atoms with E-state index in [-0.39, 0.29) is 0 Å². The summed E-state index contributed by atoms with van der Waals surface area (Å²) in [4.78, 5) is 5.20. The minimum Gasteiger partial charge on any atom is -0.291 e. The van der Waals surface area contributed by atoms with Crippen molar-refractivity contribution < 1.29 is 4.11 Å². The minimum absolute atomic E-state index is 0.350. The molecule has 2 aromatic heterocycles. The van der Waals surface area contributed by atoms with Gasteiger partial charge in [0.1, 0.15) is 5.82 Å². The number of fused-ring (bicyclic) bond motifs is 2. The molecular formula is C35H26N2S. The van der Waals surface area contributed by atoms with Crippen LogP contribution >= 0.6 is 11.3 Å². The Balaban J connectivity index is 1.59. The molecule has 182 valence electrons. The molecule has 0 saturated carbocycles. The minimum atomic E-state index is -2.15. The summed E-state index contributed by atoms with van der Waals surface area (Å²) in [6.07, 6.45) is 0. The molecule has 0 bridgehead atoms. The molecule has 7 aromatic rings. The summed E-state index contributed by atoms with van der Waals surface area (Å²) in [6.45, 7) is -0.00689. The number of benzene rings is 5. The van der Waals surface area contributed by atoms with Gasteiger partial charge in [-0.1, -0.05) is 84.9 Å². The van der Waals surface area contributed by atoms with Crippen LogP contribution in [0.4, 0.5) is 0 Å². The number of aromatic nitrogens is 2. The first-order valence-electron chi connectivity index (χ1n) is 14.1. The van der Waals surface area contributed by atoms with Crippen LogP contribution in [0.3, 0.4) is 0 Å². The van der Waals surface area contributed by atoms with Gasteiger partial charge in [-0.2, -0.15) is 0 Å². The Hall–Kier alpha value is -4.47. The van der Waals surface area contributed by atoms with Gasteiger partial charge in [-0.15, -0.1) is 11.3 Å². The Morgan fingerprint density at radius 1 is 0.684 bits per heavy atom.